The van der Waals surface area contributed by atoms with Gasteiger partial charge in [0.15, 0.2) is 6.10 Å². The van der Waals surface area contributed by atoms with Crippen LogP contribution in [0.25, 0.3) is 0 Å². The minimum atomic E-state index is -4.25. The Labute approximate surface area is 94.5 Å². The topological polar surface area (TPSA) is 21.3 Å². The summed E-state index contributed by atoms with van der Waals surface area (Å²) in [7, 11) is 0. The molecule has 0 saturated heterocycles. The van der Waals surface area contributed by atoms with Crippen LogP contribution in [0.1, 0.15) is 33.1 Å². The summed E-state index contributed by atoms with van der Waals surface area (Å²) in [5.41, 5.74) is 0. The Kier molecular flexibility index (Phi) is 5.05. The van der Waals surface area contributed by atoms with Crippen LogP contribution >= 0.6 is 0 Å². The molecular weight excluding hydrogens is 219 g/mol. The molecule has 1 saturated carbocycles. The Morgan fingerprint density at radius 1 is 1.38 bits per heavy atom. The zero-order chi connectivity index (χ0) is 12.2. The lowest BCUT2D eigenvalue weighted by Gasteiger charge is -2.22. The average Bonchev–Trinajstić information content (AvgIpc) is 2.99. The molecule has 16 heavy (non-hydrogen) atoms. The fourth-order valence-corrected chi connectivity index (χ4v) is 1.53. The van der Waals surface area contributed by atoms with Crippen LogP contribution in [0.5, 0.6) is 0 Å². The van der Waals surface area contributed by atoms with Crippen molar-refractivity contribution in [1.82, 2.24) is 5.32 Å². The summed E-state index contributed by atoms with van der Waals surface area (Å²) >= 11 is 0. The molecule has 0 aromatic carbocycles. The summed E-state index contributed by atoms with van der Waals surface area (Å²) < 4.78 is 41.5. The van der Waals surface area contributed by atoms with E-state index in [-0.39, 0.29) is 12.6 Å². The van der Waals surface area contributed by atoms with Crippen molar-refractivity contribution in [3.63, 3.8) is 0 Å². The van der Waals surface area contributed by atoms with Crippen molar-refractivity contribution in [3.8, 4) is 0 Å². The molecule has 2 atom stereocenters. The van der Waals surface area contributed by atoms with Crippen LogP contribution in [0.4, 0.5) is 13.2 Å². The molecule has 0 spiro atoms. The minimum absolute atomic E-state index is 0.0877. The van der Waals surface area contributed by atoms with Crippen LogP contribution in [0.2, 0.25) is 0 Å². The lowest BCUT2D eigenvalue weighted by molar-refractivity contribution is -0.215. The van der Waals surface area contributed by atoms with Gasteiger partial charge in [-0.2, -0.15) is 13.2 Å². The molecule has 0 aromatic rings. The van der Waals surface area contributed by atoms with Gasteiger partial charge in [-0.25, -0.2) is 0 Å². The second kappa shape index (κ2) is 5.87. The van der Waals surface area contributed by atoms with Crippen LogP contribution in [0.3, 0.4) is 0 Å². The summed E-state index contributed by atoms with van der Waals surface area (Å²) in [5, 5.41) is 3.25. The maximum absolute atomic E-state index is 12.2. The van der Waals surface area contributed by atoms with E-state index >= 15 is 0 Å². The number of alkyl halides is 3. The summed E-state index contributed by atoms with van der Waals surface area (Å²) in [6.07, 6.45) is -2.73. The van der Waals surface area contributed by atoms with E-state index in [9.17, 15) is 13.2 Å². The van der Waals surface area contributed by atoms with Gasteiger partial charge < -0.3 is 10.1 Å². The molecular formula is C11H20F3NO. The molecule has 0 aromatic heterocycles. The molecule has 1 rings (SSSR count). The molecule has 1 aliphatic carbocycles. The van der Waals surface area contributed by atoms with Gasteiger partial charge in [0.1, 0.15) is 0 Å². The van der Waals surface area contributed by atoms with E-state index in [0.717, 1.165) is 32.7 Å². The number of halogens is 3. The maximum Gasteiger partial charge on any atom is 0.414 e. The van der Waals surface area contributed by atoms with Crippen LogP contribution in [0, 0.1) is 5.92 Å². The number of ether oxygens (including phenoxy) is 1. The van der Waals surface area contributed by atoms with Crippen molar-refractivity contribution < 1.29 is 17.9 Å². The first kappa shape index (κ1) is 13.8. The highest BCUT2D eigenvalue weighted by Crippen LogP contribution is 2.33. The van der Waals surface area contributed by atoms with Crippen molar-refractivity contribution in [2.24, 2.45) is 5.92 Å². The van der Waals surface area contributed by atoms with Gasteiger partial charge in [0.05, 0.1) is 6.61 Å². The van der Waals surface area contributed by atoms with Crippen molar-refractivity contribution in [3.05, 3.63) is 0 Å². The minimum Gasteiger partial charge on any atom is -0.367 e. The van der Waals surface area contributed by atoms with Crippen LogP contribution in [-0.4, -0.2) is 31.5 Å². The highest BCUT2D eigenvalue weighted by Gasteiger charge is 2.38. The number of hydrogen-bond donors (Lipinski definition) is 1. The van der Waals surface area contributed by atoms with Crippen LogP contribution in [-0.2, 0) is 4.74 Å². The molecule has 0 amide bonds. The standard InChI is InChI=1S/C11H20F3NO/c1-3-6-15-10(9-4-5-9)7-16-8(2)11(12,13)14/h8-10,15H,3-7H2,1-2H3. The summed E-state index contributed by atoms with van der Waals surface area (Å²) in [6, 6.07) is 0.0877. The summed E-state index contributed by atoms with van der Waals surface area (Å²) in [6.45, 7) is 4.09. The van der Waals surface area contributed by atoms with Gasteiger partial charge in [-0.1, -0.05) is 6.92 Å². The third kappa shape index (κ3) is 4.70. The molecule has 2 unspecified atom stereocenters. The van der Waals surface area contributed by atoms with E-state index in [0.29, 0.717) is 5.92 Å². The number of nitrogens with one attached hydrogen (secondary N) is 1. The predicted octanol–water partition coefficient (Wildman–Crippen LogP) is 2.73. The fraction of sp³-hybridized carbons (Fsp3) is 1.00. The molecule has 0 bridgehead atoms. The second-order valence-electron chi connectivity index (χ2n) is 4.42. The van der Waals surface area contributed by atoms with Crippen molar-refractivity contribution in [2.45, 2.75) is 51.4 Å². The Morgan fingerprint density at radius 2 is 2.00 bits per heavy atom. The normalized spacial score (nSPS) is 20.8. The molecule has 2 nitrogen and oxygen atoms in total. The highest BCUT2D eigenvalue weighted by molar-refractivity contribution is 4.86. The molecule has 1 aliphatic rings. The average molecular weight is 239 g/mol. The van der Waals surface area contributed by atoms with Gasteiger partial charge in [0.25, 0.3) is 0 Å². The Bertz CT molecular complexity index is 204. The van der Waals surface area contributed by atoms with E-state index in [1.54, 1.807) is 0 Å². The predicted molar refractivity (Wildman–Crippen MR) is 56.3 cm³/mol. The van der Waals surface area contributed by atoms with Gasteiger partial charge in [-0.05, 0) is 38.6 Å². The van der Waals surface area contributed by atoms with Gasteiger partial charge in [0.2, 0.25) is 0 Å². The first-order chi connectivity index (χ1) is 7.45. The van der Waals surface area contributed by atoms with E-state index in [2.05, 4.69) is 5.32 Å². The first-order valence-corrected chi connectivity index (χ1v) is 5.86. The van der Waals surface area contributed by atoms with Gasteiger partial charge in [-0.3, -0.25) is 0 Å². The van der Waals surface area contributed by atoms with Crippen LogP contribution in [0.15, 0.2) is 0 Å². The monoisotopic (exact) mass is 239 g/mol. The van der Waals surface area contributed by atoms with Gasteiger partial charge >= 0.3 is 6.18 Å². The zero-order valence-electron chi connectivity index (χ0n) is 9.81. The number of hydrogen-bond acceptors (Lipinski definition) is 2. The number of rotatable bonds is 7. The molecule has 96 valence electrons. The lowest BCUT2D eigenvalue weighted by atomic mass is 10.2. The van der Waals surface area contributed by atoms with E-state index in [1.165, 1.54) is 0 Å². The quantitative estimate of drug-likeness (QED) is 0.737. The Balaban J connectivity index is 2.26. The third-order valence-electron chi connectivity index (χ3n) is 2.83. The van der Waals surface area contributed by atoms with Gasteiger partial charge in [-0.15, -0.1) is 0 Å². The van der Waals surface area contributed by atoms with Gasteiger partial charge in [0, 0.05) is 6.04 Å². The SMILES string of the molecule is CCCNC(COC(C)C(F)(F)F)C1CC1. The largest absolute Gasteiger partial charge is 0.414 e. The van der Waals surface area contributed by atoms with E-state index in [1.807, 2.05) is 6.92 Å². The third-order valence-corrected chi connectivity index (χ3v) is 2.83. The maximum atomic E-state index is 12.2. The van der Waals surface area contributed by atoms with Crippen molar-refractivity contribution in [1.29, 1.82) is 0 Å². The smallest absolute Gasteiger partial charge is 0.367 e. The van der Waals surface area contributed by atoms with Crippen LogP contribution < -0.4 is 5.32 Å². The van der Waals surface area contributed by atoms with E-state index < -0.39 is 12.3 Å². The highest BCUT2D eigenvalue weighted by atomic mass is 19.4. The summed E-state index contributed by atoms with van der Waals surface area (Å²) in [5.74, 6) is 0.506. The zero-order valence-corrected chi connectivity index (χ0v) is 9.81. The lowest BCUT2D eigenvalue weighted by Crippen LogP contribution is -2.39. The fourth-order valence-electron chi connectivity index (χ4n) is 1.53. The molecule has 0 radical (unpaired) electrons. The Hall–Kier alpha value is -0.290. The molecule has 0 aliphatic heterocycles. The Morgan fingerprint density at radius 3 is 2.44 bits per heavy atom. The summed E-state index contributed by atoms with van der Waals surface area (Å²) in [4.78, 5) is 0. The van der Waals surface area contributed by atoms with Crippen molar-refractivity contribution >= 4 is 0 Å². The van der Waals surface area contributed by atoms with E-state index in [4.69, 9.17) is 4.74 Å². The molecule has 1 N–H and O–H groups in total. The van der Waals surface area contributed by atoms with Crippen molar-refractivity contribution in [2.75, 3.05) is 13.2 Å². The molecule has 0 heterocycles. The molecule has 5 heteroatoms. The second-order valence-corrected chi connectivity index (χ2v) is 4.42. The molecule has 1 fully saturated rings. The first-order valence-electron chi connectivity index (χ1n) is 5.86.